The summed E-state index contributed by atoms with van der Waals surface area (Å²) in [5.74, 6) is -1.79. The first kappa shape index (κ1) is 18.8. The Morgan fingerprint density at radius 1 is 1.00 bits per heavy atom. The summed E-state index contributed by atoms with van der Waals surface area (Å²) in [5.41, 5.74) is -0.00737. The van der Waals surface area contributed by atoms with Gasteiger partial charge in [-0.3, -0.25) is 9.59 Å². The highest BCUT2D eigenvalue weighted by Crippen LogP contribution is 2.31. The molecule has 1 aliphatic carbocycles. The van der Waals surface area contributed by atoms with Gasteiger partial charge >= 0.3 is 0 Å². The van der Waals surface area contributed by atoms with Crippen molar-refractivity contribution in [2.45, 2.75) is 25.7 Å². The van der Waals surface area contributed by atoms with Gasteiger partial charge in [0.05, 0.1) is 5.69 Å². The maximum atomic E-state index is 13.7. The molecule has 1 aromatic rings. The van der Waals surface area contributed by atoms with Gasteiger partial charge in [0.2, 0.25) is 11.8 Å². The number of amides is 2. The zero-order chi connectivity index (χ0) is 18.7. The maximum Gasteiger partial charge on any atom is 0.227 e. The molecule has 0 radical (unpaired) electrons. The number of rotatable bonds is 3. The van der Waals surface area contributed by atoms with E-state index in [1.54, 1.807) is 0 Å². The lowest BCUT2D eigenvalue weighted by atomic mass is 9.80. The summed E-state index contributed by atoms with van der Waals surface area (Å²) in [6.07, 6.45) is 2.57. The molecule has 3 rings (SSSR count). The first-order chi connectivity index (χ1) is 12.4. The van der Waals surface area contributed by atoms with Crippen LogP contribution in [0.3, 0.4) is 0 Å². The van der Waals surface area contributed by atoms with Gasteiger partial charge in [0.15, 0.2) is 0 Å². The van der Waals surface area contributed by atoms with E-state index in [-0.39, 0.29) is 29.3 Å². The molecule has 1 saturated heterocycles. The van der Waals surface area contributed by atoms with Crippen molar-refractivity contribution in [3.63, 3.8) is 0 Å². The van der Waals surface area contributed by atoms with Crippen LogP contribution in [0, 0.1) is 23.5 Å². The molecule has 0 unspecified atom stereocenters. The Kier molecular flexibility index (Phi) is 5.86. The predicted molar refractivity (Wildman–Crippen MR) is 94.5 cm³/mol. The third kappa shape index (κ3) is 4.38. The molecule has 26 heavy (non-hydrogen) atoms. The van der Waals surface area contributed by atoms with E-state index < -0.39 is 11.6 Å². The normalized spacial score (nSPS) is 24.3. The Morgan fingerprint density at radius 3 is 2.23 bits per heavy atom. The zero-order valence-electron chi connectivity index (χ0n) is 15.0. The van der Waals surface area contributed by atoms with Gasteiger partial charge in [-0.1, -0.05) is 0 Å². The summed E-state index contributed by atoms with van der Waals surface area (Å²) in [6, 6.07) is 3.09. The molecule has 0 spiro atoms. The van der Waals surface area contributed by atoms with Crippen LogP contribution >= 0.6 is 0 Å². The van der Waals surface area contributed by atoms with Gasteiger partial charge in [0, 0.05) is 44.1 Å². The number of nitrogens with zero attached hydrogens (tertiary/aromatic N) is 2. The van der Waals surface area contributed by atoms with Gasteiger partial charge < -0.3 is 15.1 Å². The average molecular weight is 365 g/mol. The zero-order valence-corrected chi connectivity index (χ0v) is 15.0. The van der Waals surface area contributed by atoms with E-state index in [4.69, 9.17) is 0 Å². The van der Waals surface area contributed by atoms with Crippen molar-refractivity contribution in [3.8, 4) is 0 Å². The van der Waals surface area contributed by atoms with Gasteiger partial charge in [0.1, 0.15) is 11.6 Å². The van der Waals surface area contributed by atoms with Crippen LogP contribution < -0.4 is 5.32 Å². The molecule has 1 saturated carbocycles. The molecule has 2 aliphatic rings. The summed E-state index contributed by atoms with van der Waals surface area (Å²) in [4.78, 5) is 29.1. The Bertz CT molecular complexity index is 667. The molecule has 1 aliphatic heterocycles. The fourth-order valence-electron chi connectivity index (χ4n) is 3.71. The van der Waals surface area contributed by atoms with E-state index in [2.05, 4.69) is 17.3 Å². The van der Waals surface area contributed by atoms with E-state index in [0.717, 1.165) is 38.3 Å². The predicted octanol–water partition coefficient (Wildman–Crippen LogP) is 2.48. The summed E-state index contributed by atoms with van der Waals surface area (Å²) < 4.78 is 26.6. The molecule has 1 N–H and O–H groups in total. The topological polar surface area (TPSA) is 52.7 Å². The van der Waals surface area contributed by atoms with Gasteiger partial charge in [-0.15, -0.1) is 0 Å². The molecule has 7 heteroatoms. The Hall–Kier alpha value is -2.02. The van der Waals surface area contributed by atoms with Crippen molar-refractivity contribution in [2.24, 2.45) is 11.8 Å². The smallest absolute Gasteiger partial charge is 0.227 e. The van der Waals surface area contributed by atoms with Crippen LogP contribution in [0.5, 0.6) is 0 Å². The summed E-state index contributed by atoms with van der Waals surface area (Å²) in [6.45, 7) is 3.32. The van der Waals surface area contributed by atoms with E-state index >= 15 is 0 Å². The van der Waals surface area contributed by atoms with E-state index in [1.807, 2.05) is 4.90 Å². The van der Waals surface area contributed by atoms with Crippen molar-refractivity contribution in [3.05, 3.63) is 29.8 Å². The highest BCUT2D eigenvalue weighted by molar-refractivity contribution is 5.92. The molecule has 2 fully saturated rings. The standard InChI is InChI=1S/C19H25F2N3O2/c1-23-8-10-24(11-9-23)19(26)14-4-2-13(3-5-14)18(25)22-17-7-6-15(20)12-16(17)21/h6-7,12-14H,2-5,8-11H2,1H3,(H,22,25). The number of piperazine rings is 1. The van der Waals surface area contributed by atoms with Crippen LogP contribution in [-0.2, 0) is 9.59 Å². The number of halogens is 2. The van der Waals surface area contributed by atoms with Crippen molar-refractivity contribution < 1.29 is 18.4 Å². The Balaban J connectivity index is 1.50. The van der Waals surface area contributed by atoms with Gasteiger partial charge in [-0.05, 0) is 44.9 Å². The lowest BCUT2D eigenvalue weighted by molar-refractivity contribution is -0.139. The van der Waals surface area contributed by atoms with Crippen molar-refractivity contribution in [1.29, 1.82) is 0 Å². The fourth-order valence-corrected chi connectivity index (χ4v) is 3.71. The number of carbonyl (C=O) groups is 2. The first-order valence-electron chi connectivity index (χ1n) is 9.17. The molecule has 1 heterocycles. The molecule has 142 valence electrons. The SMILES string of the molecule is CN1CCN(C(=O)C2CCC(C(=O)Nc3ccc(F)cc3F)CC2)CC1. The van der Waals surface area contributed by atoms with Crippen molar-refractivity contribution in [1.82, 2.24) is 9.80 Å². The number of carbonyl (C=O) groups excluding carboxylic acids is 2. The molecular formula is C19H25F2N3O2. The van der Waals surface area contributed by atoms with Crippen LogP contribution in [0.1, 0.15) is 25.7 Å². The molecule has 1 aromatic carbocycles. The minimum atomic E-state index is -0.780. The van der Waals surface area contributed by atoms with Crippen LogP contribution in [0.25, 0.3) is 0 Å². The average Bonchev–Trinajstić information content (AvgIpc) is 2.64. The molecular weight excluding hydrogens is 340 g/mol. The second-order valence-electron chi connectivity index (χ2n) is 7.29. The Labute approximate surface area is 152 Å². The third-order valence-electron chi connectivity index (χ3n) is 5.45. The van der Waals surface area contributed by atoms with Crippen LogP contribution in [-0.4, -0.2) is 54.8 Å². The number of hydrogen-bond donors (Lipinski definition) is 1. The van der Waals surface area contributed by atoms with Crippen molar-refractivity contribution in [2.75, 3.05) is 38.5 Å². The Morgan fingerprint density at radius 2 is 1.62 bits per heavy atom. The van der Waals surface area contributed by atoms with Crippen LogP contribution in [0.2, 0.25) is 0 Å². The number of anilines is 1. The highest BCUT2D eigenvalue weighted by Gasteiger charge is 2.33. The minimum Gasteiger partial charge on any atom is -0.340 e. The lowest BCUT2D eigenvalue weighted by Gasteiger charge is -2.36. The van der Waals surface area contributed by atoms with E-state index in [9.17, 15) is 18.4 Å². The first-order valence-corrected chi connectivity index (χ1v) is 9.17. The fraction of sp³-hybridized carbons (Fsp3) is 0.579. The molecule has 0 atom stereocenters. The van der Waals surface area contributed by atoms with Crippen molar-refractivity contribution >= 4 is 17.5 Å². The monoisotopic (exact) mass is 365 g/mol. The minimum absolute atomic E-state index is 0.00737. The second-order valence-corrected chi connectivity index (χ2v) is 7.29. The van der Waals surface area contributed by atoms with Gasteiger partial charge in [-0.25, -0.2) is 8.78 Å². The third-order valence-corrected chi connectivity index (χ3v) is 5.45. The van der Waals surface area contributed by atoms with Crippen LogP contribution in [0.15, 0.2) is 18.2 Å². The maximum absolute atomic E-state index is 13.7. The lowest BCUT2D eigenvalue weighted by Crippen LogP contribution is -2.49. The number of nitrogens with one attached hydrogen (secondary N) is 1. The summed E-state index contributed by atoms with van der Waals surface area (Å²) in [5, 5.41) is 2.54. The summed E-state index contributed by atoms with van der Waals surface area (Å²) in [7, 11) is 2.05. The second kappa shape index (κ2) is 8.12. The largest absolute Gasteiger partial charge is 0.340 e. The number of benzene rings is 1. The highest BCUT2D eigenvalue weighted by atomic mass is 19.1. The molecule has 0 bridgehead atoms. The number of hydrogen-bond acceptors (Lipinski definition) is 3. The quantitative estimate of drug-likeness (QED) is 0.895. The van der Waals surface area contributed by atoms with E-state index in [1.165, 1.54) is 6.07 Å². The van der Waals surface area contributed by atoms with Crippen LogP contribution in [0.4, 0.5) is 14.5 Å². The van der Waals surface area contributed by atoms with Gasteiger partial charge in [-0.2, -0.15) is 0 Å². The van der Waals surface area contributed by atoms with E-state index in [0.29, 0.717) is 25.7 Å². The van der Waals surface area contributed by atoms with Gasteiger partial charge in [0.25, 0.3) is 0 Å². The molecule has 5 nitrogen and oxygen atoms in total. The summed E-state index contributed by atoms with van der Waals surface area (Å²) >= 11 is 0. The number of likely N-dealkylation sites (N-methyl/N-ethyl adjacent to an activating group) is 1. The molecule has 0 aromatic heterocycles. The molecule has 2 amide bonds.